The minimum absolute atomic E-state index is 0.0153. The van der Waals surface area contributed by atoms with Gasteiger partial charge in [-0.15, -0.1) is 0 Å². The number of ether oxygens (including phenoxy) is 1. The maximum atomic E-state index is 11.4. The van der Waals surface area contributed by atoms with Gasteiger partial charge in [0.1, 0.15) is 0 Å². The van der Waals surface area contributed by atoms with Crippen molar-refractivity contribution in [2.45, 2.75) is 6.92 Å². The Hall–Kier alpha value is -1.51. The normalized spacial score (nSPS) is 10.6. The average molecular weight is 179 g/mol. The van der Waals surface area contributed by atoms with Gasteiger partial charge >= 0.3 is 0 Å². The Morgan fingerprint density at radius 1 is 1.62 bits per heavy atom. The fourth-order valence-electron chi connectivity index (χ4n) is 0.963. The molecule has 13 heavy (non-hydrogen) atoms. The van der Waals surface area contributed by atoms with Crippen molar-refractivity contribution in [3.05, 3.63) is 40.5 Å². The van der Waals surface area contributed by atoms with Crippen molar-refractivity contribution < 1.29 is 4.74 Å². The summed E-state index contributed by atoms with van der Waals surface area (Å²) < 4.78 is 6.54. The molecule has 0 aliphatic carbocycles. The minimum atomic E-state index is -0.0153. The van der Waals surface area contributed by atoms with Crippen molar-refractivity contribution in [1.29, 1.82) is 0 Å². The number of rotatable bonds is 3. The number of pyridine rings is 1. The molecule has 0 saturated carbocycles. The highest BCUT2D eigenvalue weighted by molar-refractivity contribution is 5.46. The summed E-state index contributed by atoms with van der Waals surface area (Å²) in [6.45, 7) is 2.51. The molecule has 1 aromatic heterocycles. The van der Waals surface area contributed by atoms with Gasteiger partial charge in [0.05, 0.1) is 12.9 Å². The first kappa shape index (κ1) is 9.58. The molecule has 0 aliphatic rings. The standard InChI is InChI=1S/C10H13NO2/c1-3-13-8-6-9-5-4-7-11(2)10(9)12/h4-8H,3H2,1-2H3/b8-6+. The molecular weight excluding hydrogens is 166 g/mol. The first-order chi connectivity index (χ1) is 6.25. The highest BCUT2D eigenvalue weighted by atomic mass is 16.5. The zero-order valence-electron chi connectivity index (χ0n) is 7.86. The molecule has 0 N–H and O–H groups in total. The summed E-state index contributed by atoms with van der Waals surface area (Å²) in [5.74, 6) is 0. The summed E-state index contributed by atoms with van der Waals surface area (Å²) in [5.41, 5.74) is 0.622. The molecule has 0 amide bonds. The maximum Gasteiger partial charge on any atom is 0.257 e. The van der Waals surface area contributed by atoms with Crippen LogP contribution in [-0.4, -0.2) is 11.2 Å². The summed E-state index contributed by atoms with van der Waals surface area (Å²) in [7, 11) is 1.72. The molecule has 1 rings (SSSR count). The number of aromatic nitrogens is 1. The van der Waals surface area contributed by atoms with Crippen LogP contribution in [0.2, 0.25) is 0 Å². The second kappa shape index (κ2) is 4.50. The van der Waals surface area contributed by atoms with Crippen LogP contribution in [0.3, 0.4) is 0 Å². The average Bonchev–Trinajstić information content (AvgIpc) is 2.13. The molecule has 0 bridgehead atoms. The van der Waals surface area contributed by atoms with Gasteiger partial charge in [0, 0.05) is 18.8 Å². The van der Waals surface area contributed by atoms with Crippen molar-refractivity contribution in [3.63, 3.8) is 0 Å². The Morgan fingerprint density at radius 3 is 3.08 bits per heavy atom. The van der Waals surface area contributed by atoms with E-state index < -0.39 is 0 Å². The number of hydrogen-bond donors (Lipinski definition) is 0. The Bertz CT molecular complexity index is 352. The van der Waals surface area contributed by atoms with Crippen LogP contribution >= 0.6 is 0 Å². The summed E-state index contributed by atoms with van der Waals surface area (Å²) in [6, 6.07) is 3.59. The lowest BCUT2D eigenvalue weighted by Gasteiger charge is -1.97. The number of aryl methyl sites for hydroxylation is 1. The van der Waals surface area contributed by atoms with Crippen molar-refractivity contribution in [1.82, 2.24) is 4.57 Å². The third-order valence-corrected chi connectivity index (χ3v) is 1.66. The molecule has 0 aliphatic heterocycles. The Kier molecular flexibility index (Phi) is 3.31. The predicted molar refractivity (Wildman–Crippen MR) is 52.3 cm³/mol. The second-order valence-corrected chi connectivity index (χ2v) is 2.64. The van der Waals surface area contributed by atoms with E-state index >= 15 is 0 Å². The zero-order valence-corrected chi connectivity index (χ0v) is 7.86. The molecule has 3 heteroatoms. The summed E-state index contributed by atoms with van der Waals surface area (Å²) >= 11 is 0. The van der Waals surface area contributed by atoms with Crippen molar-refractivity contribution in [2.24, 2.45) is 7.05 Å². The molecule has 0 aromatic carbocycles. The highest BCUT2D eigenvalue weighted by Gasteiger charge is 1.94. The minimum Gasteiger partial charge on any atom is -0.501 e. The van der Waals surface area contributed by atoms with Gasteiger partial charge in [0.25, 0.3) is 5.56 Å². The van der Waals surface area contributed by atoms with Gasteiger partial charge in [0.15, 0.2) is 0 Å². The smallest absolute Gasteiger partial charge is 0.257 e. The van der Waals surface area contributed by atoms with E-state index in [0.29, 0.717) is 12.2 Å². The molecular formula is C10H13NO2. The molecule has 0 saturated heterocycles. The zero-order chi connectivity index (χ0) is 9.68. The van der Waals surface area contributed by atoms with Crippen LogP contribution in [0.4, 0.5) is 0 Å². The van der Waals surface area contributed by atoms with Gasteiger partial charge < -0.3 is 9.30 Å². The fraction of sp³-hybridized carbons (Fsp3) is 0.300. The van der Waals surface area contributed by atoms with E-state index in [1.54, 1.807) is 25.4 Å². The summed E-state index contributed by atoms with van der Waals surface area (Å²) in [6.07, 6.45) is 4.93. The lowest BCUT2D eigenvalue weighted by molar-refractivity contribution is 0.272. The largest absolute Gasteiger partial charge is 0.501 e. The van der Waals surface area contributed by atoms with Crippen LogP contribution in [0.25, 0.3) is 6.08 Å². The number of nitrogens with zero attached hydrogens (tertiary/aromatic N) is 1. The van der Waals surface area contributed by atoms with E-state index in [1.807, 2.05) is 13.0 Å². The van der Waals surface area contributed by atoms with Gasteiger partial charge in [-0.1, -0.05) is 0 Å². The third kappa shape index (κ3) is 2.47. The van der Waals surface area contributed by atoms with E-state index in [0.717, 1.165) is 0 Å². The summed E-state index contributed by atoms with van der Waals surface area (Å²) in [5, 5.41) is 0. The third-order valence-electron chi connectivity index (χ3n) is 1.66. The highest BCUT2D eigenvalue weighted by Crippen LogP contribution is 1.94. The van der Waals surface area contributed by atoms with Crippen LogP contribution in [0, 0.1) is 0 Å². The lowest BCUT2D eigenvalue weighted by Crippen LogP contribution is -2.17. The second-order valence-electron chi connectivity index (χ2n) is 2.64. The van der Waals surface area contributed by atoms with Gasteiger partial charge in [0.2, 0.25) is 0 Å². The molecule has 0 radical (unpaired) electrons. The molecule has 1 aromatic rings. The Morgan fingerprint density at radius 2 is 2.38 bits per heavy atom. The van der Waals surface area contributed by atoms with Crippen molar-refractivity contribution >= 4 is 6.08 Å². The van der Waals surface area contributed by atoms with Crippen LogP contribution in [0.5, 0.6) is 0 Å². The van der Waals surface area contributed by atoms with Gasteiger partial charge in [-0.25, -0.2) is 0 Å². The SMILES string of the molecule is CCO/C=C/c1cccn(C)c1=O. The monoisotopic (exact) mass is 179 g/mol. The molecule has 0 fully saturated rings. The molecule has 1 heterocycles. The first-order valence-corrected chi connectivity index (χ1v) is 4.19. The molecule has 0 spiro atoms. The van der Waals surface area contributed by atoms with E-state index in [-0.39, 0.29) is 5.56 Å². The van der Waals surface area contributed by atoms with E-state index in [9.17, 15) is 4.79 Å². The maximum absolute atomic E-state index is 11.4. The lowest BCUT2D eigenvalue weighted by atomic mass is 10.3. The van der Waals surface area contributed by atoms with E-state index in [1.165, 1.54) is 10.8 Å². The van der Waals surface area contributed by atoms with Crippen LogP contribution in [-0.2, 0) is 11.8 Å². The first-order valence-electron chi connectivity index (χ1n) is 4.19. The summed E-state index contributed by atoms with van der Waals surface area (Å²) in [4.78, 5) is 11.4. The van der Waals surface area contributed by atoms with Crippen molar-refractivity contribution in [3.8, 4) is 0 Å². The van der Waals surface area contributed by atoms with E-state index in [2.05, 4.69) is 0 Å². The predicted octanol–water partition coefficient (Wildman–Crippen LogP) is 1.39. The van der Waals surface area contributed by atoms with Gasteiger partial charge in [-0.05, 0) is 25.1 Å². The Labute approximate surface area is 77.3 Å². The molecule has 0 unspecified atom stereocenters. The Balaban J connectivity index is 2.89. The molecule has 0 atom stereocenters. The van der Waals surface area contributed by atoms with Crippen LogP contribution in [0.1, 0.15) is 12.5 Å². The molecule has 3 nitrogen and oxygen atoms in total. The topological polar surface area (TPSA) is 31.2 Å². The van der Waals surface area contributed by atoms with E-state index in [4.69, 9.17) is 4.74 Å². The number of hydrogen-bond acceptors (Lipinski definition) is 2. The molecule has 70 valence electrons. The fourth-order valence-corrected chi connectivity index (χ4v) is 0.963. The van der Waals surface area contributed by atoms with Crippen LogP contribution in [0.15, 0.2) is 29.4 Å². The quantitative estimate of drug-likeness (QED) is 0.656. The van der Waals surface area contributed by atoms with Gasteiger partial charge in [-0.2, -0.15) is 0 Å². The van der Waals surface area contributed by atoms with Gasteiger partial charge in [-0.3, -0.25) is 4.79 Å². The van der Waals surface area contributed by atoms with Crippen molar-refractivity contribution in [2.75, 3.05) is 6.61 Å². The van der Waals surface area contributed by atoms with Crippen LogP contribution < -0.4 is 5.56 Å².